The number of phenolic OH excluding ortho intramolecular Hbond substituents is 1. The second kappa shape index (κ2) is 5.73. The van der Waals surface area contributed by atoms with Gasteiger partial charge in [-0.15, -0.1) is 0 Å². The maximum absolute atomic E-state index is 9.96. The van der Waals surface area contributed by atoms with Crippen LogP contribution < -0.4 is 0 Å². The smallest absolute Gasteiger partial charge is 0.115 e. The molecule has 0 heterocycles. The number of phenols is 1. The van der Waals surface area contributed by atoms with Crippen molar-refractivity contribution in [3.63, 3.8) is 0 Å². The van der Waals surface area contributed by atoms with E-state index in [4.69, 9.17) is 4.74 Å². The Morgan fingerprint density at radius 2 is 2.00 bits per heavy atom. The van der Waals surface area contributed by atoms with E-state index in [0.717, 1.165) is 22.9 Å². The number of alkyl halides is 1. The van der Waals surface area contributed by atoms with E-state index >= 15 is 0 Å². The van der Waals surface area contributed by atoms with E-state index in [1.54, 1.807) is 6.07 Å². The van der Waals surface area contributed by atoms with Crippen molar-refractivity contribution < 1.29 is 9.84 Å². The van der Waals surface area contributed by atoms with E-state index in [-0.39, 0.29) is 5.41 Å². The Morgan fingerprint density at radius 1 is 1.23 bits per heavy atom. The van der Waals surface area contributed by atoms with Gasteiger partial charge >= 0.3 is 0 Å². The van der Waals surface area contributed by atoms with Gasteiger partial charge in [-0.05, 0) is 73.1 Å². The van der Waals surface area contributed by atoms with Gasteiger partial charge in [-0.2, -0.15) is 0 Å². The standard InChI is InChI=1S/C19H23IO2/c20-4-5-22-12-18-15-7-13-6-14(8-15)11-19(18,10-13)16-2-1-3-17(21)9-16/h1-3,9,12-15,21H,4-8,10-11H2. The molecule has 0 saturated heterocycles. The predicted octanol–water partition coefficient (Wildman–Crippen LogP) is 4.81. The summed E-state index contributed by atoms with van der Waals surface area (Å²) in [4.78, 5) is 0. The van der Waals surface area contributed by atoms with Crippen molar-refractivity contribution in [1.29, 1.82) is 0 Å². The van der Waals surface area contributed by atoms with Crippen LogP contribution in [0.4, 0.5) is 0 Å². The summed E-state index contributed by atoms with van der Waals surface area (Å²) in [6, 6.07) is 7.96. The Bertz CT molecular complexity index is 581. The van der Waals surface area contributed by atoms with E-state index in [1.165, 1.54) is 43.2 Å². The van der Waals surface area contributed by atoms with Gasteiger partial charge in [0, 0.05) is 9.84 Å². The molecule has 0 spiro atoms. The minimum atomic E-state index is 0.124. The first-order valence-electron chi connectivity index (χ1n) is 8.39. The second-order valence-corrected chi connectivity index (χ2v) is 8.39. The molecule has 0 amide bonds. The molecule has 0 aromatic heterocycles. The first-order chi connectivity index (χ1) is 10.7. The average Bonchev–Trinajstić information content (AvgIpc) is 2.49. The number of allylic oxidation sites excluding steroid dienone is 1. The summed E-state index contributed by atoms with van der Waals surface area (Å²) in [6.45, 7) is 0.791. The average molecular weight is 410 g/mol. The van der Waals surface area contributed by atoms with Crippen LogP contribution in [0.15, 0.2) is 36.1 Å². The first-order valence-corrected chi connectivity index (χ1v) is 9.91. The minimum absolute atomic E-state index is 0.124. The lowest BCUT2D eigenvalue weighted by molar-refractivity contribution is 0.0415. The third kappa shape index (κ3) is 2.36. The Hall–Kier alpha value is -0.710. The molecular formula is C19H23IO2. The predicted molar refractivity (Wildman–Crippen MR) is 96.3 cm³/mol. The van der Waals surface area contributed by atoms with Crippen molar-refractivity contribution in [3.8, 4) is 5.75 Å². The van der Waals surface area contributed by atoms with Gasteiger partial charge in [-0.1, -0.05) is 34.7 Å². The lowest BCUT2D eigenvalue weighted by Crippen LogP contribution is -2.50. The number of hydrogen-bond acceptors (Lipinski definition) is 2. The van der Waals surface area contributed by atoms with Crippen LogP contribution in [0.25, 0.3) is 0 Å². The fraction of sp³-hybridized carbons (Fsp3) is 0.579. The lowest BCUT2D eigenvalue weighted by atomic mass is 9.46. The van der Waals surface area contributed by atoms with Gasteiger partial charge in [-0.3, -0.25) is 0 Å². The fourth-order valence-electron chi connectivity index (χ4n) is 5.46. The number of aromatic hydroxyl groups is 1. The molecule has 2 unspecified atom stereocenters. The molecule has 4 aliphatic rings. The maximum atomic E-state index is 9.96. The molecule has 3 heteroatoms. The number of benzene rings is 1. The highest BCUT2D eigenvalue weighted by Gasteiger charge is 2.55. The molecule has 5 rings (SSSR count). The molecule has 22 heavy (non-hydrogen) atoms. The zero-order valence-corrected chi connectivity index (χ0v) is 15.0. The third-order valence-electron chi connectivity index (χ3n) is 5.97. The van der Waals surface area contributed by atoms with Gasteiger partial charge in [0.15, 0.2) is 0 Å². The molecule has 0 aliphatic heterocycles. The highest BCUT2D eigenvalue weighted by Crippen LogP contribution is 2.63. The largest absolute Gasteiger partial charge is 0.508 e. The van der Waals surface area contributed by atoms with Crippen molar-refractivity contribution in [3.05, 3.63) is 41.7 Å². The van der Waals surface area contributed by atoms with Crippen molar-refractivity contribution in [2.75, 3.05) is 11.0 Å². The van der Waals surface area contributed by atoms with Crippen LogP contribution in [0.2, 0.25) is 0 Å². The van der Waals surface area contributed by atoms with E-state index in [2.05, 4.69) is 34.9 Å². The Kier molecular flexibility index (Phi) is 3.87. The van der Waals surface area contributed by atoms with E-state index in [0.29, 0.717) is 11.7 Å². The van der Waals surface area contributed by atoms with Gasteiger partial charge in [0.2, 0.25) is 0 Å². The monoisotopic (exact) mass is 410 g/mol. The Labute approximate surface area is 146 Å². The topological polar surface area (TPSA) is 29.5 Å². The van der Waals surface area contributed by atoms with Gasteiger partial charge in [0.25, 0.3) is 0 Å². The zero-order chi connectivity index (χ0) is 15.2. The molecule has 2 nitrogen and oxygen atoms in total. The SMILES string of the molecule is Oc1cccc(C23CC4CC(CC(C4)C2=COCCI)C3)c1. The minimum Gasteiger partial charge on any atom is -0.508 e. The molecule has 0 radical (unpaired) electrons. The summed E-state index contributed by atoms with van der Waals surface area (Å²) < 4.78 is 6.88. The molecule has 4 aliphatic carbocycles. The van der Waals surface area contributed by atoms with Gasteiger partial charge in [0.05, 0.1) is 12.9 Å². The molecule has 4 bridgehead atoms. The molecule has 4 saturated carbocycles. The maximum Gasteiger partial charge on any atom is 0.115 e. The van der Waals surface area contributed by atoms with Crippen LogP contribution in [0, 0.1) is 17.8 Å². The molecule has 118 valence electrons. The number of halogens is 1. The van der Waals surface area contributed by atoms with E-state index in [9.17, 15) is 5.11 Å². The normalized spacial score (nSPS) is 37.7. The zero-order valence-electron chi connectivity index (χ0n) is 12.8. The van der Waals surface area contributed by atoms with Gasteiger partial charge in [-0.25, -0.2) is 0 Å². The second-order valence-electron chi connectivity index (χ2n) is 7.31. The van der Waals surface area contributed by atoms with E-state index < -0.39 is 0 Å². The highest BCUT2D eigenvalue weighted by molar-refractivity contribution is 14.1. The Morgan fingerprint density at radius 3 is 2.68 bits per heavy atom. The van der Waals surface area contributed by atoms with Gasteiger partial charge < -0.3 is 9.84 Å². The molecule has 1 aromatic rings. The summed E-state index contributed by atoms with van der Waals surface area (Å²) in [7, 11) is 0. The molecule has 1 N–H and O–H groups in total. The summed E-state index contributed by atoms with van der Waals surface area (Å²) in [5.41, 5.74) is 2.93. The number of rotatable bonds is 4. The first kappa shape index (κ1) is 14.9. The Balaban J connectivity index is 1.77. The molecule has 1 aromatic carbocycles. The quantitative estimate of drug-likeness (QED) is 0.334. The highest BCUT2D eigenvalue weighted by atomic mass is 127. The van der Waals surface area contributed by atoms with Crippen LogP contribution in [0.3, 0.4) is 0 Å². The van der Waals surface area contributed by atoms with Crippen LogP contribution in [-0.2, 0) is 10.2 Å². The summed E-state index contributed by atoms with van der Waals surface area (Å²) in [6.07, 6.45) is 8.67. The summed E-state index contributed by atoms with van der Waals surface area (Å²) >= 11 is 2.36. The van der Waals surface area contributed by atoms with Crippen LogP contribution in [0.5, 0.6) is 5.75 Å². The molecule has 2 atom stereocenters. The van der Waals surface area contributed by atoms with Crippen molar-refractivity contribution >= 4 is 22.6 Å². The van der Waals surface area contributed by atoms with Gasteiger partial charge in [0.1, 0.15) is 5.75 Å². The lowest BCUT2D eigenvalue weighted by Gasteiger charge is -2.58. The van der Waals surface area contributed by atoms with Crippen LogP contribution in [0.1, 0.15) is 37.7 Å². The van der Waals surface area contributed by atoms with E-state index in [1.807, 2.05) is 12.1 Å². The summed E-state index contributed by atoms with van der Waals surface area (Å²) in [5, 5.41) is 9.96. The van der Waals surface area contributed by atoms with Crippen LogP contribution >= 0.6 is 22.6 Å². The molecular weight excluding hydrogens is 387 g/mol. The fourth-order valence-corrected chi connectivity index (χ4v) is 5.71. The summed E-state index contributed by atoms with van der Waals surface area (Å²) in [5.74, 6) is 2.81. The number of ether oxygens (including phenoxy) is 1. The van der Waals surface area contributed by atoms with Crippen LogP contribution in [-0.4, -0.2) is 16.1 Å². The third-order valence-corrected chi connectivity index (χ3v) is 6.41. The number of hydrogen-bond donors (Lipinski definition) is 1. The molecule has 4 fully saturated rings. The van der Waals surface area contributed by atoms with Crippen molar-refractivity contribution in [2.24, 2.45) is 17.8 Å². The van der Waals surface area contributed by atoms with Crippen molar-refractivity contribution in [2.45, 2.75) is 37.5 Å². The van der Waals surface area contributed by atoms with Crippen molar-refractivity contribution in [1.82, 2.24) is 0 Å².